The summed E-state index contributed by atoms with van der Waals surface area (Å²) in [5.74, 6) is 8.24. The molecule has 148 valence electrons. The van der Waals surface area contributed by atoms with Gasteiger partial charge in [-0.3, -0.25) is 5.01 Å². The number of rotatable bonds is 5. The number of nitrogens with zero attached hydrogens (tertiary/aromatic N) is 4. The van der Waals surface area contributed by atoms with Crippen LogP contribution in [-0.4, -0.2) is 27.7 Å². The third kappa shape index (κ3) is 3.33. The van der Waals surface area contributed by atoms with Gasteiger partial charge in [0.05, 0.1) is 18.2 Å². The summed E-state index contributed by atoms with van der Waals surface area (Å²) in [5.41, 5.74) is 3.17. The van der Waals surface area contributed by atoms with Gasteiger partial charge in [-0.25, -0.2) is 15.8 Å². The second-order valence-electron chi connectivity index (χ2n) is 7.86. The van der Waals surface area contributed by atoms with Crippen molar-refractivity contribution in [1.82, 2.24) is 14.5 Å². The molecule has 2 N–H and O–H groups in total. The molecule has 0 unspecified atom stereocenters. The van der Waals surface area contributed by atoms with Crippen LogP contribution >= 0.6 is 0 Å². The lowest BCUT2D eigenvalue weighted by Gasteiger charge is -2.31. The number of aromatic nitrogens is 3. The summed E-state index contributed by atoms with van der Waals surface area (Å²) in [5, 5.41) is 2.89. The van der Waals surface area contributed by atoms with Crippen LogP contribution in [0.4, 0.5) is 5.82 Å². The van der Waals surface area contributed by atoms with Crippen molar-refractivity contribution in [3.63, 3.8) is 0 Å². The van der Waals surface area contributed by atoms with Gasteiger partial charge in [0.1, 0.15) is 17.7 Å². The van der Waals surface area contributed by atoms with E-state index in [1.165, 1.54) is 19.3 Å². The molecule has 6 nitrogen and oxygen atoms in total. The van der Waals surface area contributed by atoms with Crippen LogP contribution in [0.15, 0.2) is 36.7 Å². The Balaban J connectivity index is 1.83. The van der Waals surface area contributed by atoms with E-state index in [0.29, 0.717) is 6.04 Å². The largest absolute Gasteiger partial charge is 0.497 e. The lowest BCUT2D eigenvalue weighted by Crippen LogP contribution is -2.43. The van der Waals surface area contributed by atoms with Crippen LogP contribution in [0, 0.1) is 0 Å². The average molecular weight is 380 g/mol. The van der Waals surface area contributed by atoms with Crippen molar-refractivity contribution >= 4 is 16.9 Å². The number of nitrogens with two attached hydrogens (primary N) is 1. The van der Waals surface area contributed by atoms with E-state index in [1.54, 1.807) is 13.4 Å². The van der Waals surface area contributed by atoms with Crippen LogP contribution < -0.4 is 15.6 Å². The van der Waals surface area contributed by atoms with E-state index in [2.05, 4.69) is 46.6 Å². The van der Waals surface area contributed by atoms with Gasteiger partial charge in [-0.15, -0.1) is 0 Å². The zero-order valence-electron chi connectivity index (χ0n) is 16.9. The smallest absolute Gasteiger partial charge is 0.155 e. The molecule has 0 radical (unpaired) electrons. The van der Waals surface area contributed by atoms with Gasteiger partial charge in [0.15, 0.2) is 5.82 Å². The van der Waals surface area contributed by atoms with Crippen molar-refractivity contribution in [3.05, 3.63) is 36.7 Å². The minimum absolute atomic E-state index is 0.262. The molecule has 2 heterocycles. The number of anilines is 1. The van der Waals surface area contributed by atoms with E-state index in [-0.39, 0.29) is 6.04 Å². The molecule has 0 spiro atoms. The molecule has 1 aliphatic carbocycles. The number of ether oxygens (including phenoxy) is 1. The van der Waals surface area contributed by atoms with Crippen LogP contribution in [0.2, 0.25) is 0 Å². The standard InChI is InChI=1S/C22H29N5O/c1-15(2)26-20(16-9-11-18(28-3)12-10-16)13-19-21(26)24-14-25-22(19)27(23)17-7-5-4-6-8-17/h9-15,17H,4-8,23H2,1-3H3. The molecule has 2 aromatic heterocycles. The first-order valence-electron chi connectivity index (χ1n) is 10.1. The fourth-order valence-electron chi connectivity index (χ4n) is 4.26. The summed E-state index contributed by atoms with van der Waals surface area (Å²) in [6.07, 6.45) is 7.65. The Labute approximate surface area is 166 Å². The van der Waals surface area contributed by atoms with Crippen molar-refractivity contribution in [2.24, 2.45) is 5.84 Å². The maximum atomic E-state index is 6.57. The lowest BCUT2D eigenvalue weighted by atomic mass is 9.95. The van der Waals surface area contributed by atoms with E-state index in [9.17, 15) is 0 Å². The number of methoxy groups -OCH3 is 1. The highest BCUT2D eigenvalue weighted by Gasteiger charge is 2.24. The normalized spacial score (nSPS) is 15.3. The van der Waals surface area contributed by atoms with Gasteiger partial charge in [-0.1, -0.05) is 19.3 Å². The van der Waals surface area contributed by atoms with Crippen LogP contribution in [-0.2, 0) is 0 Å². The van der Waals surface area contributed by atoms with Crippen molar-refractivity contribution in [1.29, 1.82) is 0 Å². The SMILES string of the molecule is COc1ccc(-c2cc3c(N(N)C4CCCCC4)ncnc3n2C(C)C)cc1. The van der Waals surface area contributed by atoms with E-state index in [1.807, 2.05) is 17.1 Å². The Morgan fingerprint density at radius 2 is 1.82 bits per heavy atom. The van der Waals surface area contributed by atoms with Crippen LogP contribution in [0.5, 0.6) is 5.75 Å². The molecule has 4 rings (SSSR count). The summed E-state index contributed by atoms with van der Waals surface area (Å²) in [4.78, 5) is 9.19. The van der Waals surface area contributed by atoms with Gasteiger partial charge in [0, 0.05) is 12.1 Å². The Morgan fingerprint density at radius 3 is 2.46 bits per heavy atom. The summed E-state index contributed by atoms with van der Waals surface area (Å²) < 4.78 is 7.57. The second-order valence-corrected chi connectivity index (χ2v) is 7.86. The molecule has 1 saturated carbocycles. The fourth-order valence-corrected chi connectivity index (χ4v) is 4.26. The predicted octanol–water partition coefficient (Wildman–Crippen LogP) is 4.70. The van der Waals surface area contributed by atoms with E-state index in [0.717, 1.165) is 46.7 Å². The van der Waals surface area contributed by atoms with Crippen LogP contribution in [0.1, 0.15) is 52.0 Å². The number of hydrogen-bond donors (Lipinski definition) is 1. The van der Waals surface area contributed by atoms with Gasteiger partial charge in [0.25, 0.3) is 0 Å². The Kier molecular flexibility index (Phi) is 5.22. The summed E-state index contributed by atoms with van der Waals surface area (Å²) in [6, 6.07) is 10.9. The van der Waals surface area contributed by atoms with E-state index < -0.39 is 0 Å². The van der Waals surface area contributed by atoms with Gasteiger partial charge in [-0.2, -0.15) is 0 Å². The molecule has 1 aliphatic rings. The fraction of sp³-hybridized carbons (Fsp3) is 0.455. The maximum absolute atomic E-state index is 6.57. The van der Waals surface area contributed by atoms with Crippen molar-refractivity contribution < 1.29 is 4.74 Å². The van der Waals surface area contributed by atoms with Gasteiger partial charge < -0.3 is 9.30 Å². The van der Waals surface area contributed by atoms with Gasteiger partial charge in [0.2, 0.25) is 0 Å². The highest BCUT2D eigenvalue weighted by Crippen LogP contribution is 2.35. The molecule has 28 heavy (non-hydrogen) atoms. The number of benzene rings is 1. The first kappa shape index (κ1) is 18.7. The Bertz CT molecular complexity index is 941. The average Bonchev–Trinajstić information content (AvgIpc) is 3.14. The predicted molar refractivity (Wildman–Crippen MR) is 113 cm³/mol. The van der Waals surface area contributed by atoms with Gasteiger partial charge in [-0.05, 0) is 62.6 Å². The van der Waals surface area contributed by atoms with Crippen molar-refractivity contribution in [2.75, 3.05) is 12.1 Å². The third-order valence-corrected chi connectivity index (χ3v) is 5.73. The zero-order valence-corrected chi connectivity index (χ0v) is 16.9. The molecule has 0 atom stereocenters. The quantitative estimate of drug-likeness (QED) is 0.514. The highest BCUT2D eigenvalue weighted by atomic mass is 16.5. The van der Waals surface area contributed by atoms with Gasteiger partial charge >= 0.3 is 0 Å². The zero-order chi connectivity index (χ0) is 19.7. The second kappa shape index (κ2) is 7.80. The Morgan fingerprint density at radius 1 is 1.11 bits per heavy atom. The number of hydrogen-bond acceptors (Lipinski definition) is 5. The molecule has 0 aliphatic heterocycles. The first-order valence-corrected chi connectivity index (χ1v) is 10.1. The molecule has 0 saturated heterocycles. The summed E-state index contributed by atoms with van der Waals surface area (Å²) in [6.45, 7) is 4.35. The van der Waals surface area contributed by atoms with E-state index in [4.69, 9.17) is 10.6 Å². The third-order valence-electron chi connectivity index (χ3n) is 5.73. The molecule has 0 bridgehead atoms. The van der Waals surface area contributed by atoms with Crippen LogP contribution in [0.25, 0.3) is 22.3 Å². The first-order chi connectivity index (χ1) is 13.6. The monoisotopic (exact) mass is 379 g/mol. The minimum Gasteiger partial charge on any atom is -0.497 e. The topological polar surface area (TPSA) is 69.2 Å². The molecule has 6 heteroatoms. The summed E-state index contributed by atoms with van der Waals surface area (Å²) in [7, 11) is 1.68. The lowest BCUT2D eigenvalue weighted by molar-refractivity contribution is 0.415. The molecule has 3 aromatic rings. The van der Waals surface area contributed by atoms with Crippen LogP contribution in [0.3, 0.4) is 0 Å². The van der Waals surface area contributed by atoms with Crippen molar-refractivity contribution in [3.8, 4) is 17.0 Å². The highest BCUT2D eigenvalue weighted by molar-refractivity contribution is 5.93. The number of fused-ring (bicyclic) bond motifs is 1. The molecular formula is C22H29N5O. The summed E-state index contributed by atoms with van der Waals surface area (Å²) >= 11 is 0. The minimum atomic E-state index is 0.262. The maximum Gasteiger partial charge on any atom is 0.155 e. The Hall–Kier alpha value is -2.60. The van der Waals surface area contributed by atoms with Crippen molar-refractivity contribution in [2.45, 2.75) is 58.0 Å². The molecular weight excluding hydrogens is 350 g/mol. The van der Waals surface area contributed by atoms with E-state index >= 15 is 0 Å². The molecule has 0 amide bonds. The molecule has 1 aromatic carbocycles. The number of hydrazine groups is 1. The molecule has 1 fully saturated rings.